The van der Waals surface area contributed by atoms with Crippen molar-refractivity contribution in [2.45, 2.75) is 20.5 Å². The third kappa shape index (κ3) is 5.60. The van der Waals surface area contributed by atoms with Crippen LogP contribution in [-0.2, 0) is 11.4 Å². The molecule has 1 aromatic heterocycles. The van der Waals surface area contributed by atoms with E-state index in [9.17, 15) is 0 Å². The minimum atomic E-state index is 0.311. The predicted octanol–water partition coefficient (Wildman–Crippen LogP) is 5.97. The number of hydrogen-bond donors (Lipinski definition) is 0. The van der Waals surface area contributed by atoms with Crippen LogP contribution < -0.4 is 9.47 Å². The van der Waals surface area contributed by atoms with Crippen molar-refractivity contribution in [3.05, 3.63) is 101 Å². The fourth-order valence-corrected chi connectivity index (χ4v) is 3.52. The normalized spacial score (nSPS) is 11.3. The molecular formula is C27H26N2O4. The van der Waals surface area contributed by atoms with Gasteiger partial charge in [-0.3, -0.25) is 0 Å². The second kappa shape index (κ2) is 10.5. The van der Waals surface area contributed by atoms with Crippen LogP contribution in [-0.4, -0.2) is 24.6 Å². The molecule has 0 bridgehead atoms. The summed E-state index contributed by atoms with van der Waals surface area (Å²) in [5.74, 6) is 2.37. The van der Waals surface area contributed by atoms with Gasteiger partial charge < -0.3 is 18.8 Å². The standard InChI is InChI=1S/C27H26N2O4/c1-19-27(20(2)33-28-19)23-11-15-25(16-12-23)31-17-21-9-13-24(14-10-21)32-18-26(29-30-3)22-7-5-4-6-8-22/h4-16H,17-18H2,1-3H3/b29-26-. The summed E-state index contributed by atoms with van der Waals surface area (Å²) in [5.41, 5.74) is 5.71. The molecule has 6 heteroatoms. The van der Waals surface area contributed by atoms with E-state index in [1.165, 1.54) is 7.11 Å². The average molecular weight is 443 g/mol. The average Bonchev–Trinajstić information content (AvgIpc) is 3.19. The first-order chi connectivity index (χ1) is 16.1. The van der Waals surface area contributed by atoms with Gasteiger partial charge in [-0.15, -0.1) is 0 Å². The highest BCUT2D eigenvalue weighted by Gasteiger charge is 2.11. The summed E-state index contributed by atoms with van der Waals surface area (Å²) in [7, 11) is 1.53. The summed E-state index contributed by atoms with van der Waals surface area (Å²) in [6.45, 7) is 4.63. The van der Waals surface area contributed by atoms with Crippen molar-refractivity contribution < 1.29 is 18.8 Å². The molecule has 33 heavy (non-hydrogen) atoms. The number of nitrogens with zero attached hydrogens (tertiary/aromatic N) is 2. The van der Waals surface area contributed by atoms with Gasteiger partial charge in [-0.25, -0.2) is 0 Å². The Kier molecular flexibility index (Phi) is 7.05. The van der Waals surface area contributed by atoms with E-state index >= 15 is 0 Å². The Morgan fingerprint density at radius 2 is 1.52 bits per heavy atom. The molecule has 0 fully saturated rings. The lowest BCUT2D eigenvalue weighted by atomic mass is 10.0. The number of oxime groups is 1. The summed E-state index contributed by atoms with van der Waals surface area (Å²) in [6.07, 6.45) is 0. The zero-order valence-electron chi connectivity index (χ0n) is 18.9. The molecule has 6 nitrogen and oxygen atoms in total. The zero-order chi connectivity index (χ0) is 23.0. The Labute approximate surface area is 193 Å². The van der Waals surface area contributed by atoms with Crippen LogP contribution in [0.25, 0.3) is 11.1 Å². The molecule has 0 unspecified atom stereocenters. The van der Waals surface area contributed by atoms with Crippen molar-refractivity contribution in [2.24, 2.45) is 5.16 Å². The van der Waals surface area contributed by atoms with E-state index in [2.05, 4.69) is 10.3 Å². The van der Waals surface area contributed by atoms with E-state index in [1.807, 2.05) is 92.7 Å². The molecule has 0 amide bonds. The van der Waals surface area contributed by atoms with Gasteiger partial charge in [0.1, 0.15) is 43.3 Å². The monoisotopic (exact) mass is 442 g/mol. The van der Waals surface area contributed by atoms with Gasteiger partial charge in [-0.05, 0) is 49.2 Å². The molecular weight excluding hydrogens is 416 g/mol. The van der Waals surface area contributed by atoms with Crippen LogP contribution in [0.1, 0.15) is 22.6 Å². The summed E-state index contributed by atoms with van der Waals surface area (Å²) >= 11 is 0. The number of aryl methyl sites for hydroxylation is 2. The fraction of sp³-hybridized carbons (Fsp3) is 0.185. The van der Waals surface area contributed by atoms with Crippen LogP contribution >= 0.6 is 0 Å². The molecule has 0 atom stereocenters. The second-order valence-corrected chi connectivity index (χ2v) is 7.53. The van der Waals surface area contributed by atoms with Gasteiger partial charge in [-0.1, -0.05) is 64.9 Å². The van der Waals surface area contributed by atoms with Gasteiger partial charge in [0.05, 0.1) is 5.69 Å². The van der Waals surface area contributed by atoms with Crippen molar-refractivity contribution >= 4 is 5.71 Å². The maximum Gasteiger partial charge on any atom is 0.141 e. The van der Waals surface area contributed by atoms with E-state index in [4.69, 9.17) is 18.8 Å². The van der Waals surface area contributed by atoms with Crippen molar-refractivity contribution in [3.8, 4) is 22.6 Å². The lowest BCUT2D eigenvalue weighted by Crippen LogP contribution is -2.13. The van der Waals surface area contributed by atoms with E-state index < -0.39 is 0 Å². The molecule has 4 rings (SSSR count). The first-order valence-corrected chi connectivity index (χ1v) is 10.7. The van der Waals surface area contributed by atoms with Crippen molar-refractivity contribution in [2.75, 3.05) is 13.7 Å². The molecule has 168 valence electrons. The quantitative estimate of drug-likeness (QED) is 0.236. The highest BCUT2D eigenvalue weighted by molar-refractivity contribution is 6.01. The number of rotatable bonds is 9. The van der Waals surface area contributed by atoms with Crippen LogP contribution in [0.4, 0.5) is 0 Å². The topological polar surface area (TPSA) is 66.1 Å². The molecule has 1 heterocycles. The van der Waals surface area contributed by atoms with Crippen LogP contribution in [0.2, 0.25) is 0 Å². The third-order valence-corrected chi connectivity index (χ3v) is 5.19. The number of ether oxygens (including phenoxy) is 2. The number of benzene rings is 3. The van der Waals surface area contributed by atoms with Gasteiger partial charge in [0.25, 0.3) is 0 Å². The smallest absolute Gasteiger partial charge is 0.141 e. The fourth-order valence-electron chi connectivity index (χ4n) is 3.52. The molecule has 3 aromatic carbocycles. The van der Waals surface area contributed by atoms with E-state index in [1.54, 1.807) is 0 Å². The summed E-state index contributed by atoms with van der Waals surface area (Å²) < 4.78 is 17.1. The first-order valence-electron chi connectivity index (χ1n) is 10.7. The zero-order valence-corrected chi connectivity index (χ0v) is 18.9. The lowest BCUT2D eigenvalue weighted by Gasteiger charge is -2.10. The Balaban J connectivity index is 1.32. The van der Waals surface area contributed by atoms with Crippen LogP contribution in [0, 0.1) is 13.8 Å². The Hall–Kier alpha value is -4.06. The highest BCUT2D eigenvalue weighted by Crippen LogP contribution is 2.28. The molecule has 0 saturated carbocycles. The van der Waals surface area contributed by atoms with E-state index in [-0.39, 0.29) is 0 Å². The van der Waals surface area contributed by atoms with Crippen molar-refractivity contribution in [1.29, 1.82) is 0 Å². The molecule has 0 radical (unpaired) electrons. The summed E-state index contributed by atoms with van der Waals surface area (Å²) in [5, 5.41) is 8.10. The van der Waals surface area contributed by atoms with Crippen LogP contribution in [0.3, 0.4) is 0 Å². The summed E-state index contributed by atoms with van der Waals surface area (Å²) in [6, 6.07) is 25.6. The summed E-state index contributed by atoms with van der Waals surface area (Å²) in [4.78, 5) is 4.96. The number of aromatic nitrogens is 1. The third-order valence-electron chi connectivity index (χ3n) is 5.19. The largest absolute Gasteiger partial charge is 0.489 e. The van der Waals surface area contributed by atoms with Crippen LogP contribution in [0.5, 0.6) is 11.5 Å². The molecule has 0 N–H and O–H groups in total. The molecule has 0 aliphatic heterocycles. The van der Waals surface area contributed by atoms with Gasteiger partial charge >= 0.3 is 0 Å². The number of hydrogen-bond acceptors (Lipinski definition) is 6. The Morgan fingerprint density at radius 3 is 2.15 bits per heavy atom. The first kappa shape index (κ1) is 22.1. The highest BCUT2D eigenvalue weighted by atomic mass is 16.6. The van der Waals surface area contributed by atoms with E-state index in [0.717, 1.165) is 50.9 Å². The Morgan fingerprint density at radius 1 is 0.848 bits per heavy atom. The van der Waals surface area contributed by atoms with Crippen molar-refractivity contribution in [3.63, 3.8) is 0 Å². The van der Waals surface area contributed by atoms with Gasteiger partial charge in [0, 0.05) is 11.1 Å². The van der Waals surface area contributed by atoms with Gasteiger partial charge in [0.2, 0.25) is 0 Å². The molecule has 4 aromatic rings. The maximum atomic E-state index is 5.94. The lowest BCUT2D eigenvalue weighted by molar-refractivity contribution is 0.210. The molecule has 0 saturated heterocycles. The molecule has 0 spiro atoms. The molecule has 0 aliphatic carbocycles. The maximum absolute atomic E-state index is 5.94. The van der Waals surface area contributed by atoms with Gasteiger partial charge in [0.15, 0.2) is 0 Å². The molecule has 0 aliphatic rings. The SMILES string of the molecule is CO/N=C(/COc1ccc(COc2ccc(-c3c(C)noc3C)cc2)cc1)c1ccccc1. The van der Waals surface area contributed by atoms with Crippen LogP contribution in [0.15, 0.2) is 88.5 Å². The van der Waals surface area contributed by atoms with Crippen molar-refractivity contribution in [1.82, 2.24) is 5.16 Å². The second-order valence-electron chi connectivity index (χ2n) is 7.53. The minimum absolute atomic E-state index is 0.311. The Bertz CT molecular complexity index is 1180. The predicted molar refractivity (Wildman–Crippen MR) is 128 cm³/mol. The minimum Gasteiger partial charge on any atom is -0.489 e. The van der Waals surface area contributed by atoms with Gasteiger partial charge in [-0.2, -0.15) is 0 Å². The van der Waals surface area contributed by atoms with E-state index in [0.29, 0.717) is 13.2 Å².